The number of esters is 2. The van der Waals surface area contributed by atoms with Gasteiger partial charge in [-0.2, -0.15) is 0 Å². The van der Waals surface area contributed by atoms with Gasteiger partial charge in [-0.25, -0.2) is 14.4 Å². The van der Waals surface area contributed by atoms with Crippen molar-refractivity contribution < 1.29 is 33.7 Å². The van der Waals surface area contributed by atoms with Crippen LogP contribution in [0.2, 0.25) is 0 Å². The zero-order valence-electron chi connectivity index (χ0n) is 17.7. The second kappa shape index (κ2) is 9.00. The highest BCUT2D eigenvalue weighted by Gasteiger charge is 2.27. The van der Waals surface area contributed by atoms with E-state index in [1.54, 1.807) is 18.2 Å². The Morgan fingerprint density at radius 2 is 1.45 bits per heavy atom. The molecule has 1 aliphatic rings. The molecule has 0 saturated heterocycles. The Hall–Kier alpha value is -4.39. The maximum Gasteiger partial charge on any atom is 0.343 e. The highest BCUT2D eigenvalue weighted by atomic mass is 16.5. The zero-order chi connectivity index (χ0) is 23.5. The maximum atomic E-state index is 12.7. The fourth-order valence-electron chi connectivity index (χ4n) is 3.74. The van der Waals surface area contributed by atoms with E-state index in [1.807, 2.05) is 25.1 Å². The molecule has 4 rings (SSSR count). The molecule has 3 aromatic carbocycles. The van der Waals surface area contributed by atoms with Crippen LogP contribution in [0.15, 0.2) is 73.3 Å². The smallest absolute Gasteiger partial charge is 0.343 e. The third-order valence-electron chi connectivity index (χ3n) is 5.32. The summed E-state index contributed by atoms with van der Waals surface area (Å²) < 4.78 is 15.8. The molecule has 1 aliphatic carbocycles. The van der Waals surface area contributed by atoms with Crippen molar-refractivity contribution in [2.24, 2.45) is 0 Å². The molecule has 1 N–H and O–H groups in total. The Morgan fingerprint density at radius 3 is 2.09 bits per heavy atom. The minimum Gasteiger partial charge on any atom is -0.482 e. The fraction of sp³-hybridized carbons (Fsp3) is 0.115. The van der Waals surface area contributed by atoms with Crippen LogP contribution in [0.5, 0.6) is 17.2 Å². The SMILES string of the molecule is C=CC(=O)Oc1ccc(OC(=O)c2ccc3c(c2)C(C)c2cc(OCC(=O)O)ccc2-3)cc1. The minimum absolute atomic E-state index is 0.00467. The van der Waals surface area contributed by atoms with E-state index < -0.39 is 24.5 Å². The van der Waals surface area contributed by atoms with Crippen LogP contribution in [0.4, 0.5) is 0 Å². The second-order valence-electron chi connectivity index (χ2n) is 7.44. The van der Waals surface area contributed by atoms with E-state index in [4.69, 9.17) is 19.3 Å². The molecule has 3 aromatic rings. The summed E-state index contributed by atoms with van der Waals surface area (Å²) in [7, 11) is 0. The van der Waals surface area contributed by atoms with Crippen molar-refractivity contribution in [1.29, 1.82) is 0 Å². The van der Waals surface area contributed by atoms with Gasteiger partial charge in [0.05, 0.1) is 5.56 Å². The number of benzene rings is 3. The number of aliphatic carboxylic acids is 1. The monoisotopic (exact) mass is 444 g/mol. The molecule has 0 radical (unpaired) electrons. The largest absolute Gasteiger partial charge is 0.482 e. The molecule has 0 bridgehead atoms. The lowest BCUT2D eigenvalue weighted by atomic mass is 9.98. The van der Waals surface area contributed by atoms with Gasteiger partial charge in [0.2, 0.25) is 0 Å². The molecular weight excluding hydrogens is 424 g/mol. The average molecular weight is 444 g/mol. The van der Waals surface area contributed by atoms with Crippen molar-refractivity contribution in [3.8, 4) is 28.4 Å². The van der Waals surface area contributed by atoms with Gasteiger partial charge in [-0.3, -0.25) is 0 Å². The summed E-state index contributed by atoms with van der Waals surface area (Å²) in [6.45, 7) is 4.95. The van der Waals surface area contributed by atoms with Gasteiger partial charge in [-0.15, -0.1) is 0 Å². The Bertz CT molecular complexity index is 1260. The van der Waals surface area contributed by atoms with Crippen molar-refractivity contribution in [2.75, 3.05) is 6.61 Å². The van der Waals surface area contributed by atoms with Crippen LogP contribution in [0.1, 0.15) is 34.3 Å². The van der Waals surface area contributed by atoms with Gasteiger partial charge >= 0.3 is 17.9 Å². The summed E-state index contributed by atoms with van der Waals surface area (Å²) in [5, 5.41) is 8.82. The number of hydrogen-bond acceptors (Lipinski definition) is 6. The molecule has 0 amide bonds. The molecule has 0 saturated carbocycles. The molecule has 0 heterocycles. The number of ether oxygens (including phenoxy) is 3. The first kappa shape index (κ1) is 21.8. The number of fused-ring (bicyclic) bond motifs is 3. The van der Waals surface area contributed by atoms with Gasteiger partial charge in [0.15, 0.2) is 6.61 Å². The van der Waals surface area contributed by atoms with Crippen LogP contribution in [0, 0.1) is 0 Å². The molecule has 7 heteroatoms. The molecule has 0 fully saturated rings. The van der Waals surface area contributed by atoms with E-state index >= 15 is 0 Å². The van der Waals surface area contributed by atoms with Crippen LogP contribution in [-0.4, -0.2) is 29.6 Å². The highest BCUT2D eigenvalue weighted by molar-refractivity contribution is 5.93. The first-order valence-corrected chi connectivity index (χ1v) is 10.1. The predicted octanol–water partition coefficient (Wildman–Crippen LogP) is 4.59. The summed E-state index contributed by atoms with van der Waals surface area (Å²) in [5.74, 6) is -1.02. The van der Waals surface area contributed by atoms with Gasteiger partial charge in [0, 0.05) is 12.0 Å². The molecule has 0 aliphatic heterocycles. The Labute approximate surface area is 189 Å². The number of carboxylic acids is 1. The van der Waals surface area contributed by atoms with E-state index in [-0.39, 0.29) is 5.92 Å². The van der Waals surface area contributed by atoms with Crippen LogP contribution in [0.25, 0.3) is 11.1 Å². The summed E-state index contributed by atoms with van der Waals surface area (Å²) >= 11 is 0. The van der Waals surface area contributed by atoms with Crippen molar-refractivity contribution in [3.05, 3.63) is 90.0 Å². The van der Waals surface area contributed by atoms with Gasteiger partial charge in [-0.05, 0) is 70.8 Å². The Kier molecular flexibility index (Phi) is 5.95. The molecule has 33 heavy (non-hydrogen) atoms. The number of carboxylic acid groups (broad SMARTS) is 1. The highest BCUT2D eigenvalue weighted by Crippen LogP contribution is 2.46. The molecule has 1 unspecified atom stereocenters. The summed E-state index contributed by atoms with van der Waals surface area (Å²) in [6.07, 6.45) is 1.06. The standard InChI is InChI=1S/C26H20O7/c1-3-25(29)32-17-5-7-18(8-6-17)33-26(30)16-4-10-20-21-11-9-19(31-14-24(27)28)13-23(21)15(2)22(20)12-16/h3-13,15H,1,14H2,2H3,(H,27,28). The van der Waals surface area contributed by atoms with Crippen molar-refractivity contribution in [1.82, 2.24) is 0 Å². The van der Waals surface area contributed by atoms with Crippen molar-refractivity contribution >= 4 is 17.9 Å². The minimum atomic E-state index is -1.04. The summed E-state index contributed by atoms with van der Waals surface area (Å²) in [4.78, 5) is 34.7. The lowest BCUT2D eigenvalue weighted by molar-refractivity contribution is -0.139. The predicted molar refractivity (Wildman–Crippen MR) is 120 cm³/mol. The van der Waals surface area contributed by atoms with E-state index in [9.17, 15) is 14.4 Å². The van der Waals surface area contributed by atoms with Gasteiger partial charge in [0.25, 0.3) is 0 Å². The van der Waals surface area contributed by atoms with Crippen molar-refractivity contribution in [3.63, 3.8) is 0 Å². The van der Waals surface area contributed by atoms with Gasteiger partial charge in [0.1, 0.15) is 17.2 Å². The quantitative estimate of drug-likeness (QED) is 0.323. The van der Waals surface area contributed by atoms with E-state index in [0.29, 0.717) is 22.8 Å². The first-order chi connectivity index (χ1) is 15.9. The maximum absolute atomic E-state index is 12.7. The van der Waals surface area contributed by atoms with Crippen LogP contribution in [0.3, 0.4) is 0 Å². The average Bonchev–Trinajstić information content (AvgIpc) is 3.09. The van der Waals surface area contributed by atoms with E-state index in [2.05, 4.69) is 6.58 Å². The third kappa shape index (κ3) is 4.62. The first-order valence-electron chi connectivity index (χ1n) is 10.1. The Morgan fingerprint density at radius 1 is 0.879 bits per heavy atom. The summed E-state index contributed by atoms with van der Waals surface area (Å²) in [5.41, 5.74) is 4.40. The third-order valence-corrected chi connectivity index (χ3v) is 5.32. The number of hydrogen-bond donors (Lipinski definition) is 1. The normalized spacial score (nSPS) is 13.4. The van der Waals surface area contributed by atoms with E-state index in [1.165, 1.54) is 24.3 Å². The van der Waals surface area contributed by atoms with Gasteiger partial charge < -0.3 is 19.3 Å². The number of carbonyl (C=O) groups is 3. The van der Waals surface area contributed by atoms with Crippen LogP contribution >= 0.6 is 0 Å². The van der Waals surface area contributed by atoms with Gasteiger partial charge in [-0.1, -0.05) is 25.6 Å². The Balaban J connectivity index is 1.50. The molecule has 7 nitrogen and oxygen atoms in total. The summed E-state index contributed by atoms with van der Waals surface area (Å²) in [6, 6.07) is 17.0. The fourth-order valence-corrected chi connectivity index (χ4v) is 3.74. The van der Waals surface area contributed by atoms with Crippen LogP contribution in [-0.2, 0) is 9.59 Å². The number of rotatable bonds is 7. The lowest BCUT2D eigenvalue weighted by Gasteiger charge is -2.10. The molecule has 0 spiro atoms. The molecular formula is C26H20O7. The van der Waals surface area contributed by atoms with Crippen LogP contribution < -0.4 is 14.2 Å². The lowest BCUT2D eigenvalue weighted by Crippen LogP contribution is -2.09. The second-order valence-corrected chi connectivity index (χ2v) is 7.44. The number of carbonyl (C=O) groups excluding carboxylic acids is 2. The molecule has 1 atom stereocenters. The topological polar surface area (TPSA) is 99.1 Å². The zero-order valence-corrected chi connectivity index (χ0v) is 17.7. The van der Waals surface area contributed by atoms with E-state index in [0.717, 1.165) is 28.3 Å². The molecule has 0 aromatic heterocycles. The van der Waals surface area contributed by atoms with Crippen molar-refractivity contribution in [2.45, 2.75) is 12.8 Å². The molecule has 166 valence electrons.